The molecule has 0 fully saturated rings. The van der Waals surface area contributed by atoms with E-state index in [0.29, 0.717) is 6.42 Å². The Morgan fingerprint density at radius 3 is 2.03 bits per heavy atom. The minimum absolute atomic E-state index is 0.180. The van der Waals surface area contributed by atoms with E-state index in [2.05, 4.69) is 16.0 Å². The summed E-state index contributed by atoms with van der Waals surface area (Å²) in [4.78, 5) is 60.2. The Hall–Kier alpha value is -3.47. The summed E-state index contributed by atoms with van der Waals surface area (Å²) in [6.45, 7) is 4.73. The lowest BCUT2D eigenvalue weighted by Crippen LogP contribution is -2.58. The molecule has 33 heavy (non-hydrogen) atoms. The predicted molar refractivity (Wildman–Crippen MR) is 119 cm³/mol. The van der Waals surface area contributed by atoms with Crippen molar-refractivity contribution in [3.05, 3.63) is 35.9 Å². The van der Waals surface area contributed by atoms with Gasteiger partial charge in [0.1, 0.15) is 18.1 Å². The lowest BCUT2D eigenvalue weighted by Gasteiger charge is -2.27. The summed E-state index contributed by atoms with van der Waals surface area (Å²) < 4.78 is 0. The first kappa shape index (κ1) is 27.6. The van der Waals surface area contributed by atoms with Crippen LogP contribution in [0.3, 0.4) is 0 Å². The molecule has 3 amide bonds. The predicted octanol–water partition coefficient (Wildman–Crippen LogP) is -0.364. The number of benzene rings is 1. The van der Waals surface area contributed by atoms with Gasteiger partial charge in [0.15, 0.2) is 0 Å². The normalized spacial score (nSPS) is 15.3. The number of aliphatic carboxylic acids is 2. The van der Waals surface area contributed by atoms with Gasteiger partial charge in [-0.15, -0.1) is 0 Å². The van der Waals surface area contributed by atoms with Crippen molar-refractivity contribution in [1.82, 2.24) is 16.0 Å². The monoisotopic (exact) mass is 464 g/mol. The number of carbonyl (C=O) groups excluding carboxylic acids is 3. The van der Waals surface area contributed by atoms with Gasteiger partial charge in [0.05, 0.1) is 12.5 Å². The first-order valence-corrected chi connectivity index (χ1v) is 10.6. The number of carboxylic acid groups (broad SMARTS) is 2. The molecule has 0 spiro atoms. The second-order valence-corrected chi connectivity index (χ2v) is 7.90. The topological polar surface area (TPSA) is 188 Å². The van der Waals surface area contributed by atoms with E-state index in [-0.39, 0.29) is 6.42 Å². The highest BCUT2D eigenvalue weighted by Gasteiger charge is 2.32. The maximum atomic E-state index is 12.8. The number of hydrogen-bond acceptors (Lipinski definition) is 6. The van der Waals surface area contributed by atoms with E-state index in [1.165, 1.54) is 6.92 Å². The number of nitrogens with one attached hydrogen (secondary N) is 3. The van der Waals surface area contributed by atoms with E-state index >= 15 is 0 Å². The van der Waals surface area contributed by atoms with E-state index in [1.54, 1.807) is 38.1 Å². The molecule has 7 N–H and O–H groups in total. The van der Waals surface area contributed by atoms with Gasteiger partial charge in [0.2, 0.25) is 17.7 Å². The molecule has 0 aromatic heterocycles. The van der Waals surface area contributed by atoms with Crippen LogP contribution in [0.15, 0.2) is 30.3 Å². The van der Waals surface area contributed by atoms with Crippen molar-refractivity contribution in [2.45, 2.75) is 64.2 Å². The van der Waals surface area contributed by atoms with Crippen molar-refractivity contribution in [1.29, 1.82) is 0 Å². The molecular weight excluding hydrogens is 432 g/mol. The molecule has 0 saturated heterocycles. The van der Waals surface area contributed by atoms with E-state index in [1.807, 2.05) is 6.07 Å². The van der Waals surface area contributed by atoms with Gasteiger partial charge in [-0.05, 0) is 24.8 Å². The minimum Gasteiger partial charge on any atom is -0.481 e. The third-order valence-electron chi connectivity index (χ3n) is 5.17. The molecule has 5 unspecified atom stereocenters. The Morgan fingerprint density at radius 1 is 0.909 bits per heavy atom. The lowest BCUT2D eigenvalue weighted by atomic mass is 9.97. The zero-order chi connectivity index (χ0) is 25.1. The number of nitrogens with two attached hydrogens (primary N) is 1. The molecule has 11 heteroatoms. The van der Waals surface area contributed by atoms with Crippen molar-refractivity contribution in [2.75, 3.05) is 0 Å². The summed E-state index contributed by atoms with van der Waals surface area (Å²) in [5.74, 6) is -5.31. The van der Waals surface area contributed by atoms with E-state index in [9.17, 15) is 29.1 Å². The fourth-order valence-corrected chi connectivity index (χ4v) is 2.94. The summed E-state index contributed by atoms with van der Waals surface area (Å²) in [5.41, 5.74) is 6.71. The van der Waals surface area contributed by atoms with Crippen molar-refractivity contribution >= 4 is 29.7 Å². The maximum absolute atomic E-state index is 12.8. The minimum atomic E-state index is -1.48. The van der Waals surface area contributed by atoms with Crippen molar-refractivity contribution in [3.63, 3.8) is 0 Å². The number of amides is 3. The molecule has 0 bridgehead atoms. The Balaban J connectivity index is 2.93. The van der Waals surface area contributed by atoms with E-state index in [0.717, 1.165) is 5.56 Å². The first-order valence-electron chi connectivity index (χ1n) is 10.6. The first-order chi connectivity index (χ1) is 15.5. The van der Waals surface area contributed by atoms with Crippen LogP contribution >= 0.6 is 0 Å². The van der Waals surface area contributed by atoms with Crippen LogP contribution in [0, 0.1) is 5.92 Å². The molecule has 0 aliphatic rings. The maximum Gasteiger partial charge on any atom is 0.325 e. The van der Waals surface area contributed by atoms with Crippen LogP contribution < -0.4 is 21.7 Å². The molecule has 1 aromatic rings. The van der Waals surface area contributed by atoms with Gasteiger partial charge < -0.3 is 31.9 Å². The number of rotatable bonds is 13. The fourth-order valence-electron chi connectivity index (χ4n) is 2.94. The summed E-state index contributed by atoms with van der Waals surface area (Å²) in [6.07, 6.45) is -0.0766. The molecule has 11 nitrogen and oxygen atoms in total. The van der Waals surface area contributed by atoms with E-state index < -0.39 is 66.2 Å². The molecule has 5 atom stereocenters. The molecular formula is C22H32N4O7. The van der Waals surface area contributed by atoms with Gasteiger partial charge in [-0.3, -0.25) is 24.0 Å². The third-order valence-corrected chi connectivity index (χ3v) is 5.17. The molecule has 1 rings (SSSR count). The molecule has 182 valence electrons. The van der Waals surface area contributed by atoms with Crippen LogP contribution in [0.25, 0.3) is 0 Å². The van der Waals surface area contributed by atoms with Crippen LogP contribution in [0.2, 0.25) is 0 Å². The van der Waals surface area contributed by atoms with Crippen LogP contribution in [0.5, 0.6) is 0 Å². The zero-order valence-electron chi connectivity index (χ0n) is 18.9. The second-order valence-electron chi connectivity index (χ2n) is 7.90. The van der Waals surface area contributed by atoms with Gasteiger partial charge in [0, 0.05) is 0 Å². The van der Waals surface area contributed by atoms with Gasteiger partial charge in [0.25, 0.3) is 0 Å². The highest BCUT2D eigenvalue weighted by molar-refractivity contribution is 5.95. The molecule has 1 aromatic carbocycles. The smallest absolute Gasteiger partial charge is 0.325 e. The summed E-state index contributed by atoms with van der Waals surface area (Å²) in [6, 6.07) is 4.11. The number of carboxylic acids is 2. The molecule has 0 aliphatic carbocycles. The summed E-state index contributed by atoms with van der Waals surface area (Å²) >= 11 is 0. The molecule has 0 heterocycles. The summed E-state index contributed by atoms with van der Waals surface area (Å²) in [7, 11) is 0. The average Bonchev–Trinajstić information content (AvgIpc) is 2.76. The highest BCUT2D eigenvalue weighted by Crippen LogP contribution is 2.10. The standard InChI is InChI=1S/C22H32N4O7/c1-4-12(2)18(21(31)24-13(3)22(32)33)26-20(30)16(11-17(27)28)25-19(29)15(23)10-14-8-6-5-7-9-14/h5-9,12-13,15-16,18H,4,10-11,23H2,1-3H3,(H,24,31)(H,25,29)(H,26,30)(H,27,28)(H,32,33). The van der Waals surface area contributed by atoms with Crippen molar-refractivity contribution < 1.29 is 34.2 Å². The summed E-state index contributed by atoms with van der Waals surface area (Å²) in [5, 5.41) is 25.3. The van der Waals surface area contributed by atoms with Crippen LogP contribution in [-0.2, 0) is 30.4 Å². The largest absolute Gasteiger partial charge is 0.481 e. The average molecular weight is 465 g/mol. The second kappa shape index (κ2) is 13.2. The Bertz CT molecular complexity index is 846. The van der Waals surface area contributed by atoms with Gasteiger partial charge in [-0.2, -0.15) is 0 Å². The zero-order valence-corrected chi connectivity index (χ0v) is 18.9. The molecule has 0 saturated carbocycles. The lowest BCUT2D eigenvalue weighted by molar-refractivity contribution is -0.143. The fraction of sp³-hybridized carbons (Fsp3) is 0.500. The molecule has 0 radical (unpaired) electrons. The van der Waals surface area contributed by atoms with Crippen LogP contribution in [0.4, 0.5) is 0 Å². The quantitative estimate of drug-likeness (QED) is 0.228. The van der Waals surface area contributed by atoms with Crippen molar-refractivity contribution in [3.8, 4) is 0 Å². The Morgan fingerprint density at radius 2 is 1.52 bits per heavy atom. The Labute approximate surface area is 192 Å². The van der Waals surface area contributed by atoms with Crippen LogP contribution in [-0.4, -0.2) is 64.0 Å². The number of carbonyl (C=O) groups is 5. The SMILES string of the molecule is CCC(C)C(NC(=O)C(CC(=O)O)NC(=O)C(N)Cc1ccccc1)C(=O)NC(C)C(=O)O. The van der Waals surface area contributed by atoms with Crippen molar-refractivity contribution in [2.24, 2.45) is 11.7 Å². The van der Waals surface area contributed by atoms with E-state index in [4.69, 9.17) is 10.8 Å². The molecule has 0 aliphatic heterocycles. The Kier molecular flexibility index (Phi) is 11.0. The third kappa shape index (κ3) is 9.27. The highest BCUT2D eigenvalue weighted by atomic mass is 16.4. The van der Waals surface area contributed by atoms with Gasteiger partial charge in [-0.1, -0.05) is 50.6 Å². The number of hydrogen-bond donors (Lipinski definition) is 6. The van der Waals surface area contributed by atoms with Crippen LogP contribution in [0.1, 0.15) is 39.2 Å². The van der Waals surface area contributed by atoms with Gasteiger partial charge >= 0.3 is 11.9 Å². The van der Waals surface area contributed by atoms with Gasteiger partial charge in [-0.25, -0.2) is 0 Å².